The molecule has 0 radical (unpaired) electrons. The summed E-state index contributed by atoms with van der Waals surface area (Å²) in [4.78, 5) is 0. The van der Waals surface area contributed by atoms with Gasteiger partial charge in [0.1, 0.15) is 0 Å². The molecule has 1 unspecified atom stereocenters. The van der Waals surface area contributed by atoms with E-state index in [0.717, 1.165) is 5.92 Å². The normalized spacial score (nSPS) is 26.4. The van der Waals surface area contributed by atoms with E-state index in [1.807, 2.05) is 0 Å². The largest absolute Gasteiger partial charge is 0.327 e. The zero-order valence-corrected chi connectivity index (χ0v) is 8.47. The molecule has 2 aliphatic rings. The van der Waals surface area contributed by atoms with Gasteiger partial charge < -0.3 is 5.73 Å². The fraction of sp³-hybridized carbons (Fsp3) is 0.833. The van der Waals surface area contributed by atoms with Crippen molar-refractivity contribution in [2.75, 3.05) is 0 Å². The predicted molar refractivity (Wildman–Crippen MR) is 56.5 cm³/mol. The maximum atomic E-state index is 6.17. The number of nitrogens with two attached hydrogens (primary N) is 1. The van der Waals surface area contributed by atoms with Crippen LogP contribution in [0.15, 0.2) is 11.6 Å². The predicted octanol–water partition coefficient (Wildman–Crippen LogP) is 3.00. The van der Waals surface area contributed by atoms with Gasteiger partial charge >= 0.3 is 0 Å². The first-order valence-electron chi connectivity index (χ1n) is 5.80. The van der Waals surface area contributed by atoms with E-state index >= 15 is 0 Å². The van der Waals surface area contributed by atoms with Crippen molar-refractivity contribution in [2.45, 2.75) is 57.4 Å². The first-order chi connectivity index (χ1) is 6.36. The van der Waals surface area contributed by atoms with Crippen molar-refractivity contribution in [3.8, 4) is 0 Å². The van der Waals surface area contributed by atoms with Gasteiger partial charge in [-0.2, -0.15) is 0 Å². The molecule has 0 aromatic carbocycles. The lowest BCUT2D eigenvalue weighted by atomic mass is 9.77. The molecule has 0 amide bonds. The van der Waals surface area contributed by atoms with Gasteiger partial charge in [-0.3, -0.25) is 0 Å². The lowest BCUT2D eigenvalue weighted by Crippen LogP contribution is -2.34. The maximum Gasteiger partial charge on any atom is 0.0104 e. The zero-order valence-electron chi connectivity index (χ0n) is 8.47. The molecule has 2 aliphatic carbocycles. The molecule has 0 aliphatic heterocycles. The summed E-state index contributed by atoms with van der Waals surface area (Å²) in [5.74, 6) is 0.850. The molecule has 0 heterocycles. The summed E-state index contributed by atoms with van der Waals surface area (Å²) < 4.78 is 0. The number of rotatable bonds is 3. The van der Waals surface area contributed by atoms with Gasteiger partial charge in [0.05, 0.1) is 0 Å². The number of hydrogen-bond acceptors (Lipinski definition) is 1. The Kier molecular flexibility index (Phi) is 3.05. The highest BCUT2D eigenvalue weighted by Crippen LogP contribution is 2.32. The van der Waals surface area contributed by atoms with Crippen LogP contribution < -0.4 is 5.73 Å². The Balaban J connectivity index is 1.78. The minimum absolute atomic E-state index is 0.470. The molecule has 1 nitrogen and oxygen atoms in total. The summed E-state index contributed by atoms with van der Waals surface area (Å²) in [5.41, 5.74) is 7.81. The van der Waals surface area contributed by atoms with E-state index in [1.54, 1.807) is 5.57 Å². The molecule has 2 rings (SSSR count). The smallest absolute Gasteiger partial charge is 0.0104 e. The molecule has 1 heteroatoms. The van der Waals surface area contributed by atoms with E-state index in [9.17, 15) is 0 Å². The fourth-order valence-corrected chi connectivity index (χ4v) is 2.43. The molecule has 1 atom stereocenters. The Bertz CT molecular complexity index is 191. The summed E-state index contributed by atoms with van der Waals surface area (Å²) in [6.07, 6.45) is 13.2. The highest BCUT2D eigenvalue weighted by atomic mass is 14.7. The molecule has 0 spiro atoms. The molecule has 0 saturated heterocycles. The summed E-state index contributed by atoms with van der Waals surface area (Å²) in [5, 5.41) is 0. The van der Waals surface area contributed by atoms with Crippen molar-refractivity contribution >= 4 is 0 Å². The topological polar surface area (TPSA) is 26.0 Å². The summed E-state index contributed by atoms with van der Waals surface area (Å²) >= 11 is 0. The first kappa shape index (κ1) is 9.26. The first-order valence-corrected chi connectivity index (χ1v) is 5.80. The van der Waals surface area contributed by atoms with Crippen LogP contribution in [0.4, 0.5) is 0 Å². The third-order valence-corrected chi connectivity index (χ3v) is 3.64. The standard InChI is InChI=1S/C12H21N/c13-12(11-7-4-8-11)9-10-5-2-1-3-6-10/h5,11-12H,1-4,6-9,13H2. The second-order valence-electron chi connectivity index (χ2n) is 4.67. The fourth-order valence-electron chi connectivity index (χ4n) is 2.43. The molecule has 0 aromatic rings. The van der Waals surface area contributed by atoms with Gasteiger partial charge in [-0.25, -0.2) is 0 Å². The monoisotopic (exact) mass is 179 g/mol. The van der Waals surface area contributed by atoms with E-state index in [4.69, 9.17) is 5.73 Å². The van der Waals surface area contributed by atoms with Crippen molar-refractivity contribution in [3.05, 3.63) is 11.6 Å². The van der Waals surface area contributed by atoms with Crippen LogP contribution in [0.2, 0.25) is 0 Å². The van der Waals surface area contributed by atoms with Gasteiger partial charge in [0.15, 0.2) is 0 Å². The lowest BCUT2D eigenvalue weighted by molar-refractivity contribution is 0.259. The summed E-state index contributed by atoms with van der Waals surface area (Å²) in [6.45, 7) is 0. The Morgan fingerprint density at radius 1 is 1.31 bits per heavy atom. The van der Waals surface area contributed by atoms with E-state index in [2.05, 4.69) is 6.08 Å². The lowest BCUT2D eigenvalue weighted by Gasteiger charge is -2.32. The second-order valence-corrected chi connectivity index (χ2v) is 4.67. The molecule has 13 heavy (non-hydrogen) atoms. The van der Waals surface area contributed by atoms with Crippen LogP contribution in [-0.4, -0.2) is 6.04 Å². The van der Waals surface area contributed by atoms with E-state index < -0.39 is 0 Å². The molecule has 2 N–H and O–H groups in total. The van der Waals surface area contributed by atoms with E-state index in [-0.39, 0.29) is 0 Å². The van der Waals surface area contributed by atoms with Crippen molar-refractivity contribution < 1.29 is 0 Å². The summed E-state index contributed by atoms with van der Waals surface area (Å²) in [7, 11) is 0. The molecule has 1 saturated carbocycles. The Morgan fingerprint density at radius 3 is 2.69 bits per heavy atom. The summed E-state index contributed by atoms with van der Waals surface area (Å²) in [6, 6.07) is 0.470. The molecule has 0 bridgehead atoms. The van der Waals surface area contributed by atoms with Gasteiger partial charge in [-0.1, -0.05) is 18.1 Å². The molecular formula is C12H21N. The number of hydrogen-bond donors (Lipinski definition) is 1. The SMILES string of the molecule is NC(CC1=CCCCC1)C1CCC1. The van der Waals surface area contributed by atoms with Crippen LogP contribution in [0.5, 0.6) is 0 Å². The highest BCUT2D eigenvalue weighted by molar-refractivity contribution is 5.07. The van der Waals surface area contributed by atoms with Crippen LogP contribution in [0.25, 0.3) is 0 Å². The molecule has 74 valence electrons. The van der Waals surface area contributed by atoms with Crippen LogP contribution in [0, 0.1) is 5.92 Å². The van der Waals surface area contributed by atoms with Gasteiger partial charge in [-0.05, 0) is 50.9 Å². The van der Waals surface area contributed by atoms with Crippen molar-refractivity contribution in [3.63, 3.8) is 0 Å². The third-order valence-electron chi connectivity index (χ3n) is 3.64. The van der Waals surface area contributed by atoms with Crippen molar-refractivity contribution in [1.29, 1.82) is 0 Å². The van der Waals surface area contributed by atoms with Gasteiger partial charge in [-0.15, -0.1) is 0 Å². The zero-order chi connectivity index (χ0) is 9.10. The minimum Gasteiger partial charge on any atom is -0.327 e. The maximum absolute atomic E-state index is 6.17. The molecular weight excluding hydrogens is 158 g/mol. The average molecular weight is 179 g/mol. The average Bonchev–Trinajstić information content (AvgIpc) is 2.02. The van der Waals surface area contributed by atoms with Gasteiger partial charge in [0, 0.05) is 6.04 Å². The van der Waals surface area contributed by atoms with Crippen LogP contribution >= 0.6 is 0 Å². The van der Waals surface area contributed by atoms with Crippen LogP contribution in [0.1, 0.15) is 51.4 Å². The number of allylic oxidation sites excluding steroid dienone is 1. The Labute approximate surface area is 81.4 Å². The molecule has 0 aromatic heterocycles. The van der Waals surface area contributed by atoms with Crippen molar-refractivity contribution in [2.24, 2.45) is 11.7 Å². The quantitative estimate of drug-likeness (QED) is 0.662. The Morgan fingerprint density at radius 2 is 2.15 bits per heavy atom. The second kappa shape index (κ2) is 4.28. The third kappa shape index (κ3) is 2.34. The van der Waals surface area contributed by atoms with Gasteiger partial charge in [0.2, 0.25) is 0 Å². The van der Waals surface area contributed by atoms with E-state index in [1.165, 1.54) is 51.4 Å². The highest BCUT2D eigenvalue weighted by Gasteiger charge is 2.24. The Hall–Kier alpha value is -0.300. The van der Waals surface area contributed by atoms with Crippen LogP contribution in [0.3, 0.4) is 0 Å². The molecule has 1 fully saturated rings. The minimum atomic E-state index is 0.470. The van der Waals surface area contributed by atoms with Crippen molar-refractivity contribution in [1.82, 2.24) is 0 Å². The van der Waals surface area contributed by atoms with Gasteiger partial charge in [0.25, 0.3) is 0 Å². The van der Waals surface area contributed by atoms with E-state index in [0.29, 0.717) is 6.04 Å². The van der Waals surface area contributed by atoms with Crippen LogP contribution in [-0.2, 0) is 0 Å².